The summed E-state index contributed by atoms with van der Waals surface area (Å²) in [5.74, 6) is 0.543. The molecule has 1 atom stereocenters. The molecule has 0 bridgehead atoms. The van der Waals surface area contributed by atoms with Crippen LogP contribution in [0.5, 0.6) is 0 Å². The van der Waals surface area contributed by atoms with E-state index < -0.39 is 6.10 Å². The molecule has 18 heavy (non-hydrogen) atoms. The van der Waals surface area contributed by atoms with E-state index in [4.69, 9.17) is 16.0 Å². The zero-order chi connectivity index (χ0) is 12.7. The van der Waals surface area contributed by atoms with E-state index in [9.17, 15) is 5.11 Å². The third kappa shape index (κ3) is 2.30. The number of aliphatic hydroxyl groups is 1. The lowest BCUT2D eigenvalue weighted by Gasteiger charge is -2.03. The fourth-order valence-corrected chi connectivity index (χ4v) is 3.37. The maximum atomic E-state index is 10.3. The number of halogens is 2. The van der Waals surface area contributed by atoms with Gasteiger partial charge in [0.05, 0.1) is 2.88 Å². The van der Waals surface area contributed by atoms with Gasteiger partial charge in [0.1, 0.15) is 17.4 Å². The van der Waals surface area contributed by atoms with E-state index >= 15 is 0 Å². The third-order valence-electron chi connectivity index (χ3n) is 2.67. The van der Waals surface area contributed by atoms with Crippen LogP contribution in [-0.2, 0) is 0 Å². The molecule has 2 heterocycles. The highest BCUT2D eigenvalue weighted by Gasteiger charge is 2.16. The normalized spacial score (nSPS) is 13.1. The first-order chi connectivity index (χ1) is 8.63. The Hall–Kier alpha value is -0.560. The largest absolute Gasteiger partial charge is 0.458 e. The number of aliphatic hydroxyl groups excluding tert-OH is 1. The topological polar surface area (TPSA) is 33.4 Å². The third-order valence-corrected chi connectivity index (χ3v) is 4.71. The first kappa shape index (κ1) is 12.5. The van der Waals surface area contributed by atoms with Crippen LogP contribution in [-0.4, -0.2) is 5.11 Å². The maximum absolute atomic E-state index is 10.3. The molecule has 1 aromatic carbocycles. The van der Waals surface area contributed by atoms with Crippen LogP contribution in [0.1, 0.15) is 17.4 Å². The summed E-state index contributed by atoms with van der Waals surface area (Å²) in [4.78, 5) is 0. The summed E-state index contributed by atoms with van der Waals surface area (Å²) >= 11 is 9.76. The van der Waals surface area contributed by atoms with Crippen molar-refractivity contribution >= 4 is 56.5 Å². The smallest absolute Gasteiger partial charge is 0.138 e. The van der Waals surface area contributed by atoms with Crippen LogP contribution < -0.4 is 0 Å². The van der Waals surface area contributed by atoms with Crippen LogP contribution in [0.2, 0.25) is 5.02 Å². The minimum Gasteiger partial charge on any atom is -0.458 e. The molecule has 1 N–H and O–H groups in total. The van der Waals surface area contributed by atoms with E-state index in [0.29, 0.717) is 10.8 Å². The van der Waals surface area contributed by atoms with E-state index in [1.165, 1.54) is 0 Å². The Kier molecular flexibility index (Phi) is 3.36. The molecular weight excluding hydrogens is 383 g/mol. The van der Waals surface area contributed by atoms with Crippen LogP contribution in [0.3, 0.4) is 0 Å². The summed E-state index contributed by atoms with van der Waals surface area (Å²) in [6.45, 7) is 0. The zero-order valence-electron chi connectivity index (χ0n) is 9.06. The number of thiophene rings is 1. The van der Waals surface area contributed by atoms with Crippen molar-refractivity contribution in [3.8, 4) is 0 Å². The summed E-state index contributed by atoms with van der Waals surface area (Å²) < 4.78 is 6.78. The lowest BCUT2D eigenvalue weighted by Crippen LogP contribution is -1.95. The molecule has 3 aromatic rings. The van der Waals surface area contributed by atoms with Gasteiger partial charge in [-0.2, -0.15) is 0 Å². The van der Waals surface area contributed by atoms with Crippen molar-refractivity contribution in [3.05, 3.63) is 54.9 Å². The van der Waals surface area contributed by atoms with Gasteiger partial charge in [-0.15, -0.1) is 11.3 Å². The molecule has 2 nitrogen and oxygen atoms in total. The zero-order valence-corrected chi connectivity index (χ0v) is 12.8. The Morgan fingerprint density at radius 1 is 1.28 bits per heavy atom. The number of hydrogen-bond donors (Lipinski definition) is 1. The molecule has 0 radical (unpaired) electrons. The summed E-state index contributed by atoms with van der Waals surface area (Å²) in [6.07, 6.45) is -0.726. The van der Waals surface area contributed by atoms with Gasteiger partial charge in [0.2, 0.25) is 0 Å². The van der Waals surface area contributed by atoms with Crippen molar-refractivity contribution in [2.24, 2.45) is 0 Å². The highest BCUT2D eigenvalue weighted by molar-refractivity contribution is 14.1. The Labute approximate surface area is 126 Å². The maximum Gasteiger partial charge on any atom is 0.138 e. The van der Waals surface area contributed by atoms with Gasteiger partial charge in [-0.05, 0) is 63.9 Å². The molecule has 0 aliphatic carbocycles. The second kappa shape index (κ2) is 4.85. The first-order valence-electron chi connectivity index (χ1n) is 5.24. The molecule has 0 aliphatic rings. The van der Waals surface area contributed by atoms with Gasteiger partial charge in [0.25, 0.3) is 0 Å². The predicted octanol–water partition coefficient (Wildman–Crippen LogP) is 4.83. The molecule has 92 valence electrons. The molecule has 0 saturated carbocycles. The second-order valence-corrected chi connectivity index (χ2v) is 7.16. The number of rotatable bonds is 2. The van der Waals surface area contributed by atoms with Crippen LogP contribution in [0, 0.1) is 2.88 Å². The van der Waals surface area contributed by atoms with Crippen LogP contribution in [0.4, 0.5) is 0 Å². The van der Waals surface area contributed by atoms with Crippen molar-refractivity contribution in [2.45, 2.75) is 6.10 Å². The van der Waals surface area contributed by atoms with Crippen LogP contribution >= 0.6 is 45.5 Å². The van der Waals surface area contributed by atoms with Gasteiger partial charge in [-0.1, -0.05) is 11.6 Å². The van der Waals surface area contributed by atoms with Crippen molar-refractivity contribution in [1.82, 2.24) is 0 Å². The SMILES string of the molecule is OC(c1csc(I)c1)c1cc2cc(Cl)ccc2o1. The molecule has 0 aliphatic heterocycles. The van der Waals surface area contributed by atoms with Crippen molar-refractivity contribution in [2.75, 3.05) is 0 Å². The molecule has 3 rings (SSSR count). The van der Waals surface area contributed by atoms with E-state index in [-0.39, 0.29) is 0 Å². The highest BCUT2D eigenvalue weighted by atomic mass is 127. The van der Waals surface area contributed by atoms with Crippen LogP contribution in [0.15, 0.2) is 40.1 Å². The van der Waals surface area contributed by atoms with Gasteiger partial charge in [-0.3, -0.25) is 0 Å². The Morgan fingerprint density at radius 2 is 2.11 bits per heavy atom. The molecular formula is C13H8ClIO2S. The summed E-state index contributed by atoms with van der Waals surface area (Å²) in [5, 5.41) is 13.8. The summed E-state index contributed by atoms with van der Waals surface area (Å²) in [6, 6.07) is 9.20. The van der Waals surface area contributed by atoms with Gasteiger partial charge in [0.15, 0.2) is 0 Å². The molecule has 5 heteroatoms. The van der Waals surface area contributed by atoms with Gasteiger partial charge in [-0.25, -0.2) is 0 Å². The van der Waals surface area contributed by atoms with Crippen LogP contribution in [0.25, 0.3) is 11.0 Å². The van der Waals surface area contributed by atoms with E-state index in [0.717, 1.165) is 19.4 Å². The average molecular weight is 391 g/mol. The van der Waals surface area contributed by atoms with Gasteiger partial charge in [0, 0.05) is 10.4 Å². The monoisotopic (exact) mass is 390 g/mol. The number of furan rings is 1. The number of fused-ring (bicyclic) bond motifs is 1. The number of hydrogen-bond acceptors (Lipinski definition) is 3. The highest BCUT2D eigenvalue weighted by Crippen LogP contribution is 2.31. The van der Waals surface area contributed by atoms with E-state index in [1.54, 1.807) is 17.4 Å². The molecule has 1 unspecified atom stereocenters. The predicted molar refractivity (Wildman–Crippen MR) is 82.3 cm³/mol. The Balaban J connectivity index is 2.03. The minimum atomic E-state index is -0.726. The summed E-state index contributed by atoms with van der Waals surface area (Å²) in [7, 11) is 0. The van der Waals surface area contributed by atoms with E-state index in [1.807, 2.05) is 29.6 Å². The van der Waals surface area contributed by atoms with Gasteiger partial charge >= 0.3 is 0 Å². The van der Waals surface area contributed by atoms with Crippen molar-refractivity contribution in [3.63, 3.8) is 0 Å². The first-order valence-corrected chi connectivity index (χ1v) is 7.58. The summed E-state index contributed by atoms with van der Waals surface area (Å²) in [5.41, 5.74) is 1.59. The Bertz CT molecular complexity index is 704. The molecule has 0 saturated heterocycles. The van der Waals surface area contributed by atoms with Crippen molar-refractivity contribution in [1.29, 1.82) is 0 Å². The molecule has 0 spiro atoms. The fourth-order valence-electron chi connectivity index (χ4n) is 1.80. The number of benzene rings is 1. The standard InChI is InChI=1S/C13H8ClIO2S/c14-9-1-2-10-7(3-9)4-11(17-10)13(16)8-5-12(15)18-6-8/h1-6,13,16H. The van der Waals surface area contributed by atoms with E-state index in [2.05, 4.69) is 22.6 Å². The minimum absolute atomic E-state index is 0.543. The Morgan fingerprint density at radius 3 is 2.83 bits per heavy atom. The average Bonchev–Trinajstić information content (AvgIpc) is 2.93. The lowest BCUT2D eigenvalue weighted by molar-refractivity contribution is 0.192. The quantitative estimate of drug-likeness (QED) is 0.636. The van der Waals surface area contributed by atoms with Crippen molar-refractivity contribution < 1.29 is 9.52 Å². The fraction of sp³-hybridized carbons (Fsp3) is 0.0769. The second-order valence-electron chi connectivity index (χ2n) is 3.92. The lowest BCUT2D eigenvalue weighted by atomic mass is 10.1. The molecule has 0 amide bonds. The van der Waals surface area contributed by atoms with Gasteiger partial charge < -0.3 is 9.52 Å². The molecule has 2 aromatic heterocycles. The molecule has 0 fully saturated rings.